The van der Waals surface area contributed by atoms with Crippen molar-refractivity contribution in [2.45, 2.75) is 5.75 Å². The molecule has 2 aromatic carbocycles. The van der Waals surface area contributed by atoms with E-state index in [4.69, 9.17) is 0 Å². The standard InChI is InChI=1S/C18H17N3O2S2/c1-19-18(23)12-6-8-13(9-7-12)20-16(22)10-24-11-17-21-14-4-2-3-5-15(14)25-17/h2-9H,10-11H2,1H3,(H,19,23)(H,20,22). The van der Waals surface area contributed by atoms with Crippen molar-refractivity contribution in [2.75, 3.05) is 18.1 Å². The SMILES string of the molecule is CNC(=O)c1ccc(NC(=O)CSCc2nc3ccccc3s2)cc1. The number of carbonyl (C=O) groups is 2. The molecule has 0 aliphatic rings. The van der Waals surface area contributed by atoms with Crippen LogP contribution >= 0.6 is 23.1 Å². The van der Waals surface area contributed by atoms with E-state index in [2.05, 4.69) is 21.7 Å². The van der Waals surface area contributed by atoms with Crippen LogP contribution in [0.25, 0.3) is 10.2 Å². The number of para-hydroxylation sites is 1. The topological polar surface area (TPSA) is 71.1 Å². The molecule has 0 saturated heterocycles. The van der Waals surface area contributed by atoms with Gasteiger partial charge < -0.3 is 10.6 Å². The summed E-state index contributed by atoms with van der Waals surface area (Å²) in [5.74, 6) is 0.846. The van der Waals surface area contributed by atoms with Crippen molar-refractivity contribution in [3.63, 3.8) is 0 Å². The van der Waals surface area contributed by atoms with Crippen LogP contribution in [0.1, 0.15) is 15.4 Å². The first kappa shape index (κ1) is 17.4. The molecular weight excluding hydrogens is 354 g/mol. The molecule has 0 aliphatic carbocycles. The second-order valence-electron chi connectivity index (χ2n) is 5.27. The van der Waals surface area contributed by atoms with E-state index in [0.717, 1.165) is 10.5 Å². The second-order valence-corrected chi connectivity index (χ2v) is 7.37. The number of rotatable bonds is 6. The number of nitrogens with one attached hydrogen (secondary N) is 2. The lowest BCUT2D eigenvalue weighted by Crippen LogP contribution is -2.18. The Morgan fingerprint density at radius 2 is 1.88 bits per heavy atom. The van der Waals surface area contributed by atoms with E-state index < -0.39 is 0 Å². The summed E-state index contributed by atoms with van der Waals surface area (Å²) >= 11 is 3.19. The summed E-state index contributed by atoms with van der Waals surface area (Å²) in [6, 6.07) is 14.8. The lowest BCUT2D eigenvalue weighted by Gasteiger charge is -2.06. The van der Waals surface area contributed by atoms with Gasteiger partial charge >= 0.3 is 0 Å². The van der Waals surface area contributed by atoms with Gasteiger partial charge in [0.1, 0.15) is 5.01 Å². The zero-order valence-electron chi connectivity index (χ0n) is 13.6. The molecule has 1 heterocycles. The fourth-order valence-corrected chi connectivity index (χ4v) is 4.11. The van der Waals surface area contributed by atoms with Gasteiger partial charge in [-0.15, -0.1) is 23.1 Å². The summed E-state index contributed by atoms with van der Waals surface area (Å²) in [4.78, 5) is 28.1. The zero-order chi connectivity index (χ0) is 17.6. The average molecular weight is 371 g/mol. The van der Waals surface area contributed by atoms with Crippen molar-refractivity contribution in [1.82, 2.24) is 10.3 Å². The van der Waals surface area contributed by atoms with E-state index >= 15 is 0 Å². The van der Waals surface area contributed by atoms with Gasteiger partial charge in [-0.1, -0.05) is 12.1 Å². The molecule has 0 bridgehead atoms. The molecule has 7 heteroatoms. The summed E-state index contributed by atoms with van der Waals surface area (Å²) in [7, 11) is 1.58. The first-order chi connectivity index (χ1) is 12.2. The quantitative estimate of drug-likeness (QED) is 0.695. The Bertz CT molecular complexity index is 858. The maximum Gasteiger partial charge on any atom is 0.251 e. The minimum atomic E-state index is -0.149. The molecule has 128 valence electrons. The van der Waals surface area contributed by atoms with Crippen molar-refractivity contribution < 1.29 is 9.59 Å². The monoisotopic (exact) mass is 371 g/mol. The maximum atomic E-state index is 12.0. The molecule has 2 amide bonds. The second kappa shape index (κ2) is 8.13. The van der Waals surface area contributed by atoms with Crippen LogP contribution in [0.5, 0.6) is 0 Å². The number of benzene rings is 2. The van der Waals surface area contributed by atoms with Crippen molar-refractivity contribution in [3.8, 4) is 0 Å². The van der Waals surface area contributed by atoms with Crippen LogP contribution in [0, 0.1) is 0 Å². The molecule has 5 nitrogen and oxygen atoms in total. The van der Waals surface area contributed by atoms with Gasteiger partial charge in [0.2, 0.25) is 5.91 Å². The van der Waals surface area contributed by atoms with Crippen molar-refractivity contribution in [2.24, 2.45) is 0 Å². The van der Waals surface area contributed by atoms with Gasteiger partial charge in [0.15, 0.2) is 0 Å². The fraction of sp³-hybridized carbons (Fsp3) is 0.167. The largest absolute Gasteiger partial charge is 0.355 e. The lowest BCUT2D eigenvalue weighted by atomic mass is 10.2. The van der Waals surface area contributed by atoms with Crippen LogP contribution in [0.4, 0.5) is 5.69 Å². The number of carbonyl (C=O) groups excluding carboxylic acids is 2. The average Bonchev–Trinajstić information content (AvgIpc) is 3.04. The third-order valence-corrected chi connectivity index (χ3v) is 5.62. The number of aromatic nitrogens is 1. The molecule has 1 aromatic heterocycles. The molecule has 0 saturated carbocycles. The van der Waals surface area contributed by atoms with Crippen LogP contribution in [0.3, 0.4) is 0 Å². The first-order valence-electron chi connectivity index (χ1n) is 7.70. The highest BCUT2D eigenvalue weighted by Crippen LogP contribution is 2.24. The highest BCUT2D eigenvalue weighted by Gasteiger charge is 2.07. The number of thioether (sulfide) groups is 1. The normalized spacial score (nSPS) is 10.6. The Morgan fingerprint density at radius 1 is 1.12 bits per heavy atom. The van der Waals surface area contributed by atoms with Crippen molar-refractivity contribution >= 4 is 50.8 Å². The summed E-state index contributed by atoms with van der Waals surface area (Å²) in [6.45, 7) is 0. The Balaban J connectivity index is 1.48. The van der Waals surface area contributed by atoms with E-state index in [0.29, 0.717) is 22.8 Å². The Hall–Kier alpha value is -2.38. The first-order valence-corrected chi connectivity index (χ1v) is 9.67. The predicted octanol–water partition coefficient (Wildman–Crippen LogP) is 3.53. The van der Waals surface area contributed by atoms with Gasteiger partial charge in [0, 0.05) is 24.1 Å². The number of anilines is 1. The number of hydrogen-bond acceptors (Lipinski definition) is 5. The molecular formula is C18H17N3O2S2. The van der Waals surface area contributed by atoms with Gasteiger partial charge in [-0.25, -0.2) is 4.98 Å². The van der Waals surface area contributed by atoms with E-state index in [-0.39, 0.29) is 11.8 Å². The number of thiazole rings is 1. The maximum absolute atomic E-state index is 12.0. The summed E-state index contributed by atoms with van der Waals surface area (Å²) in [6.07, 6.45) is 0. The zero-order valence-corrected chi connectivity index (χ0v) is 15.2. The fourth-order valence-electron chi connectivity index (χ4n) is 2.26. The van der Waals surface area contributed by atoms with Crippen LogP contribution in [0.15, 0.2) is 48.5 Å². The molecule has 0 unspecified atom stereocenters. The molecule has 0 fully saturated rings. The number of nitrogens with zero attached hydrogens (tertiary/aromatic N) is 1. The minimum absolute atomic E-state index is 0.0706. The summed E-state index contributed by atoms with van der Waals surface area (Å²) in [5.41, 5.74) is 2.24. The van der Waals surface area contributed by atoms with E-state index in [1.54, 1.807) is 42.6 Å². The number of amides is 2. The molecule has 0 atom stereocenters. The van der Waals surface area contributed by atoms with Gasteiger partial charge in [-0.3, -0.25) is 9.59 Å². The van der Waals surface area contributed by atoms with E-state index in [1.807, 2.05) is 18.2 Å². The molecule has 0 spiro atoms. The predicted molar refractivity (Wildman–Crippen MR) is 104 cm³/mol. The smallest absolute Gasteiger partial charge is 0.251 e. The van der Waals surface area contributed by atoms with Gasteiger partial charge in [-0.05, 0) is 36.4 Å². The third kappa shape index (κ3) is 4.58. The summed E-state index contributed by atoms with van der Waals surface area (Å²) < 4.78 is 1.17. The van der Waals surface area contributed by atoms with Crippen LogP contribution in [-0.4, -0.2) is 29.6 Å². The van der Waals surface area contributed by atoms with Crippen molar-refractivity contribution in [1.29, 1.82) is 0 Å². The van der Waals surface area contributed by atoms with Crippen LogP contribution < -0.4 is 10.6 Å². The summed E-state index contributed by atoms with van der Waals surface area (Å²) in [5, 5.41) is 6.41. The molecule has 3 rings (SSSR count). The molecule has 25 heavy (non-hydrogen) atoms. The van der Waals surface area contributed by atoms with E-state index in [1.165, 1.54) is 16.5 Å². The Kier molecular flexibility index (Phi) is 5.67. The third-order valence-electron chi connectivity index (χ3n) is 3.45. The van der Waals surface area contributed by atoms with Crippen LogP contribution in [-0.2, 0) is 10.5 Å². The van der Waals surface area contributed by atoms with Gasteiger partial charge in [0.05, 0.1) is 16.0 Å². The molecule has 0 aliphatic heterocycles. The Labute approximate surface area is 153 Å². The highest BCUT2D eigenvalue weighted by molar-refractivity contribution is 7.99. The van der Waals surface area contributed by atoms with Gasteiger partial charge in [-0.2, -0.15) is 0 Å². The van der Waals surface area contributed by atoms with E-state index in [9.17, 15) is 9.59 Å². The molecule has 2 N–H and O–H groups in total. The van der Waals surface area contributed by atoms with Crippen molar-refractivity contribution in [3.05, 3.63) is 59.1 Å². The number of hydrogen-bond donors (Lipinski definition) is 2. The minimum Gasteiger partial charge on any atom is -0.355 e. The van der Waals surface area contributed by atoms with Crippen LogP contribution in [0.2, 0.25) is 0 Å². The molecule has 3 aromatic rings. The van der Waals surface area contributed by atoms with Gasteiger partial charge in [0.25, 0.3) is 5.91 Å². The lowest BCUT2D eigenvalue weighted by molar-refractivity contribution is -0.113. The highest BCUT2D eigenvalue weighted by atomic mass is 32.2. The molecule has 0 radical (unpaired) electrons. The Morgan fingerprint density at radius 3 is 2.60 bits per heavy atom. The number of fused-ring (bicyclic) bond motifs is 1.